The average molecular weight is 522 g/mol. The second-order valence-corrected chi connectivity index (χ2v) is 9.52. The van der Waals surface area contributed by atoms with Gasteiger partial charge in [0.05, 0.1) is 19.8 Å². The van der Waals surface area contributed by atoms with Gasteiger partial charge in [0, 0.05) is 41.3 Å². The van der Waals surface area contributed by atoms with Crippen molar-refractivity contribution in [2.45, 2.75) is 13.5 Å². The van der Waals surface area contributed by atoms with Crippen molar-refractivity contribution < 1.29 is 19.4 Å². The zero-order valence-electron chi connectivity index (χ0n) is 21.8. The highest BCUT2D eigenvalue weighted by Gasteiger charge is 2.14. The third kappa shape index (κ3) is 6.34. The largest absolute Gasteiger partial charge is 0.392 e. The molecule has 0 aromatic heterocycles. The van der Waals surface area contributed by atoms with Crippen LogP contribution in [0.25, 0.3) is 11.1 Å². The molecule has 7 nitrogen and oxygen atoms in total. The Balaban J connectivity index is 1.26. The molecule has 39 heavy (non-hydrogen) atoms. The summed E-state index contributed by atoms with van der Waals surface area (Å²) in [4.78, 5) is 28.0. The minimum absolute atomic E-state index is 0.0413. The molecule has 0 bridgehead atoms. The summed E-state index contributed by atoms with van der Waals surface area (Å²) in [5.74, 6) is -0.402. The number of hydrogen-bond acceptors (Lipinski definition) is 5. The molecule has 0 radical (unpaired) electrons. The van der Waals surface area contributed by atoms with Gasteiger partial charge in [0.1, 0.15) is 0 Å². The highest BCUT2D eigenvalue weighted by Crippen LogP contribution is 2.26. The van der Waals surface area contributed by atoms with Gasteiger partial charge in [0.25, 0.3) is 11.8 Å². The van der Waals surface area contributed by atoms with Gasteiger partial charge in [-0.2, -0.15) is 0 Å². The maximum absolute atomic E-state index is 13.0. The van der Waals surface area contributed by atoms with Crippen molar-refractivity contribution >= 4 is 28.9 Å². The van der Waals surface area contributed by atoms with Gasteiger partial charge in [0.2, 0.25) is 0 Å². The summed E-state index contributed by atoms with van der Waals surface area (Å²) in [6.07, 6.45) is 0. The second kappa shape index (κ2) is 11.9. The van der Waals surface area contributed by atoms with Crippen LogP contribution >= 0.6 is 0 Å². The van der Waals surface area contributed by atoms with Gasteiger partial charge in [-0.05, 0) is 89.8 Å². The fourth-order valence-corrected chi connectivity index (χ4v) is 4.55. The smallest absolute Gasteiger partial charge is 0.255 e. The number of aryl methyl sites for hydroxylation is 1. The lowest BCUT2D eigenvalue weighted by Gasteiger charge is -2.28. The minimum Gasteiger partial charge on any atom is -0.392 e. The molecule has 5 rings (SSSR count). The van der Waals surface area contributed by atoms with E-state index in [1.165, 1.54) is 0 Å². The molecular weight excluding hydrogens is 490 g/mol. The Morgan fingerprint density at radius 1 is 0.769 bits per heavy atom. The van der Waals surface area contributed by atoms with E-state index in [0.717, 1.165) is 59.9 Å². The van der Waals surface area contributed by atoms with Crippen LogP contribution in [0.4, 0.5) is 17.1 Å². The number of morpholine rings is 1. The summed E-state index contributed by atoms with van der Waals surface area (Å²) >= 11 is 0. The Labute approximate surface area is 228 Å². The molecule has 1 saturated heterocycles. The second-order valence-electron chi connectivity index (χ2n) is 9.52. The number of benzene rings is 4. The molecular formula is C32H31N3O4. The van der Waals surface area contributed by atoms with Gasteiger partial charge in [-0.3, -0.25) is 9.59 Å². The van der Waals surface area contributed by atoms with Crippen LogP contribution < -0.4 is 15.5 Å². The minimum atomic E-state index is -0.220. The number of amides is 2. The topological polar surface area (TPSA) is 90.9 Å². The number of aliphatic hydroxyl groups excluding tert-OH is 1. The zero-order chi connectivity index (χ0) is 27.2. The molecule has 4 aromatic carbocycles. The maximum Gasteiger partial charge on any atom is 0.255 e. The van der Waals surface area contributed by atoms with E-state index in [4.69, 9.17) is 4.74 Å². The highest BCUT2D eigenvalue weighted by molar-refractivity contribution is 6.06. The summed E-state index contributed by atoms with van der Waals surface area (Å²) in [5.41, 5.74) is 7.25. The molecule has 1 heterocycles. The van der Waals surface area contributed by atoms with Crippen LogP contribution in [0, 0.1) is 6.92 Å². The molecule has 1 aliphatic rings. The molecule has 0 aliphatic carbocycles. The molecule has 0 saturated carbocycles. The summed E-state index contributed by atoms with van der Waals surface area (Å²) in [6, 6.07) is 27.9. The van der Waals surface area contributed by atoms with Gasteiger partial charge in [0.15, 0.2) is 0 Å². The molecule has 0 unspecified atom stereocenters. The van der Waals surface area contributed by atoms with E-state index < -0.39 is 0 Å². The lowest BCUT2D eigenvalue weighted by molar-refractivity contribution is 0.101. The van der Waals surface area contributed by atoms with Gasteiger partial charge < -0.3 is 25.4 Å². The van der Waals surface area contributed by atoms with Crippen molar-refractivity contribution in [3.8, 4) is 11.1 Å². The average Bonchev–Trinajstić information content (AvgIpc) is 2.98. The van der Waals surface area contributed by atoms with E-state index in [9.17, 15) is 14.7 Å². The van der Waals surface area contributed by atoms with Crippen LogP contribution in [-0.2, 0) is 11.3 Å². The van der Waals surface area contributed by atoms with Crippen molar-refractivity contribution in [3.05, 3.63) is 113 Å². The highest BCUT2D eigenvalue weighted by atomic mass is 16.5. The number of rotatable bonds is 7. The lowest BCUT2D eigenvalue weighted by Crippen LogP contribution is -2.36. The van der Waals surface area contributed by atoms with Crippen LogP contribution in [-0.4, -0.2) is 43.2 Å². The number of hydrogen-bond donors (Lipinski definition) is 3. The van der Waals surface area contributed by atoms with E-state index in [1.807, 2.05) is 61.5 Å². The van der Waals surface area contributed by atoms with Crippen LogP contribution in [0.3, 0.4) is 0 Å². The molecule has 1 fully saturated rings. The first-order valence-electron chi connectivity index (χ1n) is 13.0. The Bertz CT molecular complexity index is 1440. The number of carbonyl (C=O) groups excluding carboxylic acids is 2. The Morgan fingerprint density at radius 3 is 1.95 bits per heavy atom. The Kier molecular flexibility index (Phi) is 8.01. The van der Waals surface area contributed by atoms with Crippen molar-refractivity contribution in [1.82, 2.24) is 0 Å². The van der Waals surface area contributed by atoms with Crippen molar-refractivity contribution in [2.75, 3.05) is 41.8 Å². The van der Waals surface area contributed by atoms with E-state index in [2.05, 4.69) is 15.5 Å². The fourth-order valence-electron chi connectivity index (χ4n) is 4.55. The predicted octanol–water partition coefficient (Wildman–Crippen LogP) is 5.50. The van der Waals surface area contributed by atoms with Gasteiger partial charge in [-0.15, -0.1) is 0 Å². The number of aliphatic hydroxyl groups is 1. The first-order valence-corrected chi connectivity index (χ1v) is 13.0. The normalized spacial score (nSPS) is 13.1. The summed E-state index contributed by atoms with van der Waals surface area (Å²) in [7, 11) is 0. The van der Waals surface area contributed by atoms with Gasteiger partial charge in [-0.1, -0.05) is 30.3 Å². The maximum atomic E-state index is 13.0. The van der Waals surface area contributed by atoms with Crippen molar-refractivity contribution in [1.29, 1.82) is 0 Å². The molecule has 198 valence electrons. The molecule has 4 aromatic rings. The van der Waals surface area contributed by atoms with Crippen LogP contribution in [0.15, 0.2) is 91.0 Å². The van der Waals surface area contributed by atoms with E-state index in [1.54, 1.807) is 36.4 Å². The van der Waals surface area contributed by atoms with E-state index in [-0.39, 0.29) is 18.4 Å². The molecule has 7 heteroatoms. The van der Waals surface area contributed by atoms with Crippen molar-refractivity contribution in [2.24, 2.45) is 0 Å². The molecule has 3 N–H and O–H groups in total. The van der Waals surface area contributed by atoms with E-state index >= 15 is 0 Å². The molecule has 0 spiro atoms. The van der Waals surface area contributed by atoms with Crippen molar-refractivity contribution in [3.63, 3.8) is 0 Å². The van der Waals surface area contributed by atoms with Gasteiger partial charge >= 0.3 is 0 Å². The third-order valence-electron chi connectivity index (χ3n) is 6.85. The fraction of sp³-hybridized carbons (Fsp3) is 0.188. The quantitative estimate of drug-likeness (QED) is 0.299. The third-order valence-corrected chi connectivity index (χ3v) is 6.85. The SMILES string of the molecule is Cc1ccc(C(=O)Nc2ccc(N3CCOCC3)cc2)cc1-c1ccc(C(=O)Nc2ccc(CO)cc2)cc1. The predicted molar refractivity (Wildman–Crippen MR) is 154 cm³/mol. The Hall–Kier alpha value is -4.46. The first kappa shape index (κ1) is 26.2. The van der Waals surface area contributed by atoms with Gasteiger partial charge in [-0.25, -0.2) is 0 Å². The first-order chi connectivity index (χ1) is 19.0. The van der Waals surface area contributed by atoms with E-state index in [0.29, 0.717) is 16.8 Å². The number of nitrogens with zero attached hydrogens (tertiary/aromatic N) is 1. The molecule has 1 aliphatic heterocycles. The standard InChI is InChI=1S/C32H31N3O4/c1-22-2-5-26(32(38)34-28-12-14-29(15-13-28)35-16-18-39-19-17-35)20-30(22)24-6-8-25(9-7-24)31(37)33-27-10-3-23(21-36)4-11-27/h2-15,20,36H,16-19,21H2,1H3,(H,33,37)(H,34,38). The summed E-state index contributed by atoms with van der Waals surface area (Å²) in [5, 5.41) is 15.0. The monoisotopic (exact) mass is 521 g/mol. The summed E-state index contributed by atoms with van der Waals surface area (Å²) in [6.45, 7) is 5.14. The van der Waals surface area contributed by atoms with Crippen LogP contribution in [0.5, 0.6) is 0 Å². The molecule has 2 amide bonds. The summed E-state index contributed by atoms with van der Waals surface area (Å²) < 4.78 is 5.42. The Morgan fingerprint density at radius 2 is 1.33 bits per heavy atom. The number of ether oxygens (including phenoxy) is 1. The van der Waals surface area contributed by atoms with Crippen LogP contribution in [0.1, 0.15) is 31.8 Å². The number of nitrogens with one attached hydrogen (secondary N) is 2. The number of anilines is 3. The molecule has 0 atom stereocenters. The number of carbonyl (C=O) groups is 2. The lowest BCUT2D eigenvalue weighted by atomic mass is 9.97. The van der Waals surface area contributed by atoms with Crippen LogP contribution in [0.2, 0.25) is 0 Å². The zero-order valence-corrected chi connectivity index (χ0v) is 21.8.